The molecule has 0 radical (unpaired) electrons. The molecular weight excluding hydrogens is 229 g/mol. The Hall–Kier alpha value is -2.24. The predicted molar refractivity (Wildman–Crippen MR) is 56.0 cm³/mol. The van der Waals surface area contributed by atoms with Crippen LogP contribution in [0.25, 0.3) is 0 Å². The van der Waals surface area contributed by atoms with Crippen LogP contribution in [0.1, 0.15) is 16.8 Å². The number of benzene rings is 1. The number of nitrogens with one attached hydrogen (secondary N) is 1. The lowest BCUT2D eigenvalue weighted by molar-refractivity contribution is -0.140. The first-order valence-corrected chi connectivity index (χ1v) is 4.76. The predicted octanol–water partition coefficient (Wildman–Crippen LogP) is 0.598. The van der Waals surface area contributed by atoms with Crippen LogP contribution >= 0.6 is 0 Å². The molecule has 0 aliphatic carbocycles. The third-order valence-electron chi connectivity index (χ3n) is 2.10. The van der Waals surface area contributed by atoms with E-state index in [4.69, 9.17) is 5.11 Å². The highest BCUT2D eigenvalue weighted by molar-refractivity contribution is 5.99. The molecule has 0 saturated carbocycles. The Kier molecular flexibility index (Phi) is 4.33. The van der Waals surface area contributed by atoms with Crippen molar-refractivity contribution in [3.63, 3.8) is 0 Å². The molecule has 6 heteroatoms. The van der Waals surface area contributed by atoms with Gasteiger partial charge in [0.15, 0.2) is 5.78 Å². The second-order valence-corrected chi connectivity index (χ2v) is 3.31. The summed E-state index contributed by atoms with van der Waals surface area (Å²) in [5.74, 6) is -2.45. The first-order valence-electron chi connectivity index (χ1n) is 4.76. The van der Waals surface area contributed by atoms with E-state index in [-0.39, 0.29) is 12.0 Å². The van der Waals surface area contributed by atoms with Crippen molar-refractivity contribution in [3.05, 3.63) is 35.6 Å². The minimum Gasteiger partial charge on any atom is -0.480 e. The first-order chi connectivity index (χ1) is 8.04. The molecule has 0 bridgehead atoms. The summed E-state index contributed by atoms with van der Waals surface area (Å²) >= 11 is 0. The number of halogens is 1. The van der Waals surface area contributed by atoms with Crippen LogP contribution in [0, 0.1) is 5.82 Å². The van der Waals surface area contributed by atoms with Gasteiger partial charge in [0.2, 0.25) is 6.41 Å². The maximum atomic E-state index is 12.8. The van der Waals surface area contributed by atoms with Gasteiger partial charge in [0, 0.05) is 12.0 Å². The zero-order valence-electron chi connectivity index (χ0n) is 8.72. The van der Waals surface area contributed by atoms with Crippen molar-refractivity contribution in [2.45, 2.75) is 12.5 Å². The SMILES string of the molecule is O=CNC(CC(=O)c1cccc(F)c1)C(=O)O. The third-order valence-corrected chi connectivity index (χ3v) is 2.10. The molecule has 0 heterocycles. The van der Waals surface area contributed by atoms with E-state index in [2.05, 4.69) is 0 Å². The Balaban J connectivity index is 2.77. The van der Waals surface area contributed by atoms with Gasteiger partial charge in [0.05, 0.1) is 0 Å². The summed E-state index contributed by atoms with van der Waals surface area (Å²) in [5.41, 5.74) is 0.0731. The third kappa shape index (κ3) is 3.67. The number of carbonyl (C=O) groups is 3. The number of carboxylic acid groups (broad SMARTS) is 1. The molecule has 1 atom stereocenters. The zero-order chi connectivity index (χ0) is 12.8. The quantitative estimate of drug-likeness (QED) is 0.562. The van der Waals surface area contributed by atoms with Gasteiger partial charge in [-0.3, -0.25) is 9.59 Å². The van der Waals surface area contributed by atoms with Gasteiger partial charge >= 0.3 is 5.97 Å². The number of rotatable bonds is 6. The van der Waals surface area contributed by atoms with Gasteiger partial charge in [-0.15, -0.1) is 0 Å². The number of hydrogen-bond acceptors (Lipinski definition) is 3. The number of carbonyl (C=O) groups excluding carboxylic acids is 2. The molecule has 0 spiro atoms. The lowest BCUT2D eigenvalue weighted by Gasteiger charge is -2.09. The molecule has 5 nitrogen and oxygen atoms in total. The van der Waals surface area contributed by atoms with Gasteiger partial charge in [-0.25, -0.2) is 9.18 Å². The van der Waals surface area contributed by atoms with Crippen LogP contribution in [-0.4, -0.2) is 29.3 Å². The Bertz CT molecular complexity index is 447. The summed E-state index contributed by atoms with van der Waals surface area (Å²) in [7, 11) is 0. The van der Waals surface area contributed by atoms with E-state index in [1.54, 1.807) is 0 Å². The van der Waals surface area contributed by atoms with Gasteiger partial charge in [0.25, 0.3) is 0 Å². The Morgan fingerprint density at radius 2 is 2.18 bits per heavy atom. The minimum atomic E-state index is -1.32. The lowest BCUT2D eigenvalue weighted by atomic mass is 10.0. The van der Waals surface area contributed by atoms with Crippen molar-refractivity contribution in [3.8, 4) is 0 Å². The van der Waals surface area contributed by atoms with E-state index >= 15 is 0 Å². The number of ketones is 1. The Morgan fingerprint density at radius 3 is 2.71 bits per heavy atom. The molecule has 2 N–H and O–H groups in total. The summed E-state index contributed by atoms with van der Waals surface area (Å²) in [5, 5.41) is 10.7. The number of amides is 1. The highest BCUT2D eigenvalue weighted by Crippen LogP contribution is 2.08. The number of Topliss-reactive ketones (excluding diaryl/α,β-unsaturated/α-hetero) is 1. The van der Waals surface area contributed by atoms with Gasteiger partial charge < -0.3 is 10.4 Å². The van der Waals surface area contributed by atoms with E-state index in [1.165, 1.54) is 18.2 Å². The fourth-order valence-electron chi connectivity index (χ4n) is 1.26. The largest absolute Gasteiger partial charge is 0.480 e. The van der Waals surface area contributed by atoms with Crippen molar-refractivity contribution in [1.82, 2.24) is 5.32 Å². The summed E-state index contributed by atoms with van der Waals surface area (Å²) in [6.45, 7) is 0. The Labute approximate surface area is 96.3 Å². The van der Waals surface area contributed by atoms with Crippen molar-refractivity contribution in [1.29, 1.82) is 0 Å². The van der Waals surface area contributed by atoms with Gasteiger partial charge in [-0.05, 0) is 12.1 Å². The number of carboxylic acids is 1. The highest BCUT2D eigenvalue weighted by Gasteiger charge is 2.21. The molecule has 1 amide bonds. The second-order valence-electron chi connectivity index (χ2n) is 3.31. The van der Waals surface area contributed by atoms with Gasteiger partial charge in [0.1, 0.15) is 11.9 Å². The van der Waals surface area contributed by atoms with E-state index in [9.17, 15) is 18.8 Å². The molecule has 1 unspecified atom stereocenters. The summed E-state index contributed by atoms with van der Waals surface area (Å²) in [6, 6.07) is 3.62. The van der Waals surface area contributed by atoms with E-state index in [0.717, 1.165) is 6.07 Å². The molecule has 0 aliphatic heterocycles. The van der Waals surface area contributed by atoms with Gasteiger partial charge in [-0.1, -0.05) is 12.1 Å². The van der Waals surface area contributed by atoms with Crippen LogP contribution in [0.15, 0.2) is 24.3 Å². The maximum absolute atomic E-state index is 12.8. The normalized spacial score (nSPS) is 11.6. The molecule has 0 aliphatic rings. The van der Waals surface area contributed by atoms with E-state index < -0.39 is 30.0 Å². The fraction of sp³-hybridized carbons (Fsp3) is 0.182. The molecule has 1 aromatic rings. The monoisotopic (exact) mass is 239 g/mol. The van der Waals surface area contributed by atoms with Crippen molar-refractivity contribution >= 4 is 18.2 Å². The van der Waals surface area contributed by atoms with Crippen molar-refractivity contribution in [2.75, 3.05) is 0 Å². The average molecular weight is 239 g/mol. The number of hydrogen-bond donors (Lipinski definition) is 2. The lowest BCUT2D eigenvalue weighted by Crippen LogP contribution is -2.37. The summed E-state index contributed by atoms with van der Waals surface area (Å²) < 4.78 is 12.8. The van der Waals surface area contributed by atoms with E-state index in [1.807, 2.05) is 5.32 Å². The fourth-order valence-corrected chi connectivity index (χ4v) is 1.26. The molecule has 17 heavy (non-hydrogen) atoms. The smallest absolute Gasteiger partial charge is 0.326 e. The molecule has 90 valence electrons. The molecule has 1 aromatic carbocycles. The molecule has 0 saturated heterocycles. The topological polar surface area (TPSA) is 83.5 Å². The Morgan fingerprint density at radius 1 is 1.47 bits per heavy atom. The highest BCUT2D eigenvalue weighted by atomic mass is 19.1. The van der Waals surface area contributed by atoms with Crippen LogP contribution in [0.5, 0.6) is 0 Å². The van der Waals surface area contributed by atoms with Crippen molar-refractivity contribution < 1.29 is 23.9 Å². The standard InChI is InChI=1S/C11H10FNO4/c12-8-3-1-2-7(4-8)10(15)5-9(11(16)17)13-6-14/h1-4,6,9H,5H2,(H,13,14)(H,16,17). The first kappa shape index (κ1) is 12.8. The maximum Gasteiger partial charge on any atom is 0.326 e. The average Bonchev–Trinajstić information content (AvgIpc) is 2.28. The summed E-state index contributed by atoms with van der Waals surface area (Å²) in [6.07, 6.45) is -0.213. The molecular formula is C11H10FNO4. The number of aliphatic carboxylic acids is 1. The van der Waals surface area contributed by atoms with Crippen LogP contribution in [0.3, 0.4) is 0 Å². The van der Waals surface area contributed by atoms with Crippen LogP contribution in [0.4, 0.5) is 4.39 Å². The van der Waals surface area contributed by atoms with Crippen LogP contribution in [0.2, 0.25) is 0 Å². The van der Waals surface area contributed by atoms with Crippen LogP contribution in [-0.2, 0) is 9.59 Å². The second kappa shape index (κ2) is 5.74. The molecule has 0 aromatic heterocycles. The zero-order valence-corrected chi connectivity index (χ0v) is 8.72. The minimum absolute atomic E-state index is 0.0731. The van der Waals surface area contributed by atoms with Crippen LogP contribution < -0.4 is 5.32 Å². The van der Waals surface area contributed by atoms with E-state index in [0.29, 0.717) is 0 Å². The summed E-state index contributed by atoms with van der Waals surface area (Å²) in [4.78, 5) is 32.4. The molecule has 1 rings (SSSR count). The van der Waals surface area contributed by atoms with Crippen molar-refractivity contribution in [2.24, 2.45) is 0 Å². The molecule has 0 fully saturated rings. The van der Waals surface area contributed by atoms with Gasteiger partial charge in [-0.2, -0.15) is 0 Å².